The quantitative estimate of drug-likeness (QED) is 0.711. The highest BCUT2D eigenvalue weighted by Gasteiger charge is 2.24. The minimum Gasteiger partial charge on any atom is -0.490 e. The molecule has 1 aliphatic heterocycles. The second-order valence-corrected chi connectivity index (χ2v) is 4.89. The van der Waals surface area contributed by atoms with E-state index in [0.717, 1.165) is 33.3 Å². The van der Waals surface area contributed by atoms with Crippen LogP contribution in [0.3, 0.4) is 0 Å². The number of aliphatic imine (C=N–C) groups is 1. The van der Waals surface area contributed by atoms with Crippen molar-refractivity contribution in [1.82, 2.24) is 4.98 Å². The topological polar surface area (TPSA) is 43.7 Å². The van der Waals surface area contributed by atoms with E-state index in [4.69, 9.17) is 9.47 Å². The monoisotopic (exact) mass is 290 g/mol. The second kappa shape index (κ2) is 6.05. The predicted molar refractivity (Wildman–Crippen MR) is 82.9 cm³/mol. The fourth-order valence-electron chi connectivity index (χ4n) is 2.02. The fraction of sp³-hybridized carbons (Fsp3) is 0.333. The van der Waals surface area contributed by atoms with Gasteiger partial charge in [0.1, 0.15) is 0 Å². The molecule has 2 aromatic rings. The summed E-state index contributed by atoms with van der Waals surface area (Å²) in [6, 6.07) is 3.94. The summed E-state index contributed by atoms with van der Waals surface area (Å²) in [6.07, 6.45) is 1.84. The van der Waals surface area contributed by atoms with Gasteiger partial charge in [-0.05, 0) is 19.9 Å². The number of thiazole rings is 1. The van der Waals surface area contributed by atoms with Crippen molar-refractivity contribution in [3.63, 3.8) is 0 Å². The van der Waals surface area contributed by atoms with Crippen molar-refractivity contribution in [2.45, 2.75) is 21.3 Å². The van der Waals surface area contributed by atoms with Gasteiger partial charge in [-0.1, -0.05) is 7.43 Å². The van der Waals surface area contributed by atoms with Crippen LogP contribution in [-0.4, -0.2) is 23.9 Å². The Morgan fingerprint density at radius 1 is 1.10 bits per heavy atom. The van der Waals surface area contributed by atoms with Crippen molar-refractivity contribution < 1.29 is 9.47 Å². The lowest BCUT2D eigenvalue weighted by Crippen LogP contribution is -2.11. The lowest BCUT2D eigenvalue weighted by molar-refractivity contribution is 0.288. The van der Waals surface area contributed by atoms with Gasteiger partial charge in [0.25, 0.3) is 0 Å². The van der Waals surface area contributed by atoms with Crippen LogP contribution in [0.2, 0.25) is 0 Å². The van der Waals surface area contributed by atoms with Gasteiger partial charge in [0, 0.05) is 17.8 Å². The predicted octanol–water partition coefficient (Wildman–Crippen LogP) is 4.06. The summed E-state index contributed by atoms with van der Waals surface area (Å²) in [6.45, 7) is 5.16. The largest absolute Gasteiger partial charge is 0.490 e. The minimum atomic E-state index is 0. The summed E-state index contributed by atoms with van der Waals surface area (Å²) < 4.78 is 11.2. The molecule has 0 aliphatic carbocycles. The van der Waals surface area contributed by atoms with Gasteiger partial charge in [-0.25, -0.2) is 4.99 Å². The van der Waals surface area contributed by atoms with E-state index in [1.807, 2.05) is 37.7 Å². The molecule has 0 radical (unpaired) electrons. The van der Waals surface area contributed by atoms with Crippen LogP contribution in [0.15, 0.2) is 28.8 Å². The first kappa shape index (κ1) is 14.5. The maximum atomic E-state index is 5.63. The molecule has 0 amide bonds. The third-order valence-corrected chi connectivity index (χ3v) is 3.59. The van der Waals surface area contributed by atoms with Gasteiger partial charge >= 0.3 is 0 Å². The van der Waals surface area contributed by atoms with Crippen LogP contribution in [0.25, 0.3) is 0 Å². The Labute approximate surface area is 123 Å². The van der Waals surface area contributed by atoms with Gasteiger partial charge < -0.3 is 9.47 Å². The average molecular weight is 290 g/mol. The van der Waals surface area contributed by atoms with Crippen molar-refractivity contribution >= 4 is 22.7 Å². The van der Waals surface area contributed by atoms with Crippen LogP contribution in [0.4, 0.5) is 5.69 Å². The maximum absolute atomic E-state index is 5.63. The Bertz CT molecular complexity index is 621. The van der Waals surface area contributed by atoms with Gasteiger partial charge in [0.05, 0.1) is 35.0 Å². The summed E-state index contributed by atoms with van der Waals surface area (Å²) in [5, 5.41) is 0. The zero-order valence-electron chi connectivity index (χ0n) is 10.8. The van der Waals surface area contributed by atoms with E-state index in [0.29, 0.717) is 13.2 Å². The van der Waals surface area contributed by atoms with Gasteiger partial charge in [0.15, 0.2) is 11.5 Å². The molecule has 0 saturated carbocycles. The summed E-state index contributed by atoms with van der Waals surface area (Å²) in [4.78, 5) is 9.69. The summed E-state index contributed by atoms with van der Waals surface area (Å²) in [5.74, 6) is 1.54. The molecule has 1 aliphatic rings. The number of hydrogen-bond donors (Lipinski definition) is 0. The first-order valence-electron chi connectivity index (χ1n) is 6.25. The molecule has 0 N–H and O–H groups in total. The summed E-state index contributed by atoms with van der Waals surface area (Å²) >= 11 is 1.59. The van der Waals surface area contributed by atoms with Crippen molar-refractivity contribution in [2.24, 2.45) is 4.99 Å². The molecule has 1 aromatic carbocycles. The number of hydrogen-bond acceptors (Lipinski definition) is 5. The van der Waals surface area contributed by atoms with E-state index >= 15 is 0 Å². The van der Waals surface area contributed by atoms with Crippen LogP contribution >= 0.6 is 11.3 Å². The van der Waals surface area contributed by atoms with Crippen LogP contribution < -0.4 is 9.47 Å². The first-order chi connectivity index (χ1) is 9.33. The Kier molecular flexibility index (Phi) is 4.39. The van der Waals surface area contributed by atoms with Crippen molar-refractivity contribution in [3.05, 3.63) is 34.3 Å². The molecule has 106 valence electrons. The lowest BCUT2D eigenvalue weighted by Gasteiger charge is -2.20. The highest BCUT2D eigenvalue weighted by molar-refractivity contribution is 7.12. The summed E-state index contributed by atoms with van der Waals surface area (Å²) in [7, 11) is 0. The normalized spacial score (nSPS) is 11.8. The van der Waals surface area contributed by atoms with Crippen LogP contribution in [0.5, 0.6) is 11.5 Å². The second-order valence-electron chi connectivity index (χ2n) is 4.01. The molecule has 3 rings (SSSR count). The van der Waals surface area contributed by atoms with Crippen molar-refractivity contribution in [1.29, 1.82) is 0 Å². The number of fused-ring (bicyclic) bond motifs is 1. The van der Waals surface area contributed by atoms with Crippen LogP contribution in [-0.2, 0) is 0 Å². The number of rotatable bonds is 5. The molecular weight excluding hydrogens is 272 g/mol. The highest BCUT2D eigenvalue weighted by Crippen LogP contribution is 2.42. The SMILES string of the molecule is C.CCOc1cc2c(cc1OCC)C(c1cncs1)=N2. The van der Waals surface area contributed by atoms with Gasteiger partial charge in [-0.3, -0.25) is 4.98 Å². The lowest BCUT2D eigenvalue weighted by atomic mass is 10.0. The minimum absolute atomic E-state index is 0. The standard InChI is InChI=1S/C14H14N2O2S.CH4/c1-3-17-11-5-9-10(6-12(11)18-4-2)16-14(9)13-7-15-8-19-13;/h5-8H,3-4H2,1-2H3;1H4. The van der Waals surface area contributed by atoms with E-state index in [1.165, 1.54) is 0 Å². The Morgan fingerprint density at radius 2 is 1.80 bits per heavy atom. The molecule has 0 fully saturated rings. The Hall–Kier alpha value is -1.88. The van der Waals surface area contributed by atoms with Crippen LogP contribution in [0.1, 0.15) is 31.7 Å². The number of ether oxygens (including phenoxy) is 2. The molecule has 0 bridgehead atoms. The highest BCUT2D eigenvalue weighted by atomic mass is 32.1. The van der Waals surface area contributed by atoms with E-state index < -0.39 is 0 Å². The molecule has 0 saturated heterocycles. The molecule has 1 aromatic heterocycles. The van der Waals surface area contributed by atoms with E-state index in [1.54, 1.807) is 11.3 Å². The average Bonchev–Trinajstić information content (AvgIpc) is 2.89. The van der Waals surface area contributed by atoms with Gasteiger partial charge in [-0.15, -0.1) is 11.3 Å². The third kappa shape index (κ3) is 2.41. The fourth-order valence-corrected chi connectivity index (χ4v) is 2.64. The zero-order chi connectivity index (χ0) is 13.2. The number of nitrogens with zero attached hydrogens (tertiary/aromatic N) is 2. The van der Waals surface area contributed by atoms with Crippen molar-refractivity contribution in [2.75, 3.05) is 13.2 Å². The molecule has 0 unspecified atom stereocenters. The van der Waals surface area contributed by atoms with Crippen LogP contribution in [0, 0.1) is 0 Å². The molecule has 20 heavy (non-hydrogen) atoms. The van der Waals surface area contributed by atoms with Crippen molar-refractivity contribution in [3.8, 4) is 11.5 Å². The Balaban J connectivity index is 0.00000147. The Morgan fingerprint density at radius 3 is 2.40 bits per heavy atom. The van der Waals surface area contributed by atoms with E-state index in [2.05, 4.69) is 9.98 Å². The third-order valence-electron chi connectivity index (χ3n) is 2.81. The summed E-state index contributed by atoms with van der Waals surface area (Å²) in [5.41, 5.74) is 4.86. The molecule has 4 nitrogen and oxygen atoms in total. The molecule has 0 spiro atoms. The van der Waals surface area contributed by atoms with E-state index in [-0.39, 0.29) is 7.43 Å². The number of aromatic nitrogens is 1. The number of benzene rings is 1. The maximum Gasteiger partial charge on any atom is 0.163 e. The molecule has 0 atom stereocenters. The van der Waals surface area contributed by atoms with Gasteiger partial charge in [0.2, 0.25) is 0 Å². The van der Waals surface area contributed by atoms with Gasteiger partial charge in [-0.2, -0.15) is 0 Å². The first-order valence-corrected chi connectivity index (χ1v) is 7.13. The molecule has 2 heterocycles. The zero-order valence-corrected chi connectivity index (χ0v) is 11.7. The molecule has 5 heteroatoms. The molecular formula is C15H18N2O2S. The smallest absolute Gasteiger partial charge is 0.163 e. The van der Waals surface area contributed by atoms with E-state index in [9.17, 15) is 0 Å².